The summed E-state index contributed by atoms with van der Waals surface area (Å²) >= 11 is 6.17. The Morgan fingerprint density at radius 1 is 0.971 bits per heavy atom. The molecule has 1 amide bonds. The number of aromatic nitrogens is 2. The molecule has 1 heterocycles. The molecule has 0 saturated carbocycles. The second-order valence-electron chi connectivity index (χ2n) is 8.60. The molecule has 0 unspecified atom stereocenters. The van der Waals surface area contributed by atoms with Gasteiger partial charge < -0.3 is 19.5 Å². The van der Waals surface area contributed by atoms with Crippen molar-refractivity contribution in [1.29, 1.82) is 0 Å². The molecular formula is C24H26ClN3O7. The monoisotopic (exact) mass is 503 g/mol. The summed E-state index contributed by atoms with van der Waals surface area (Å²) in [5.41, 5.74) is -1.76. The van der Waals surface area contributed by atoms with Crippen LogP contribution in [0.2, 0.25) is 5.02 Å². The molecule has 186 valence electrons. The number of fused-ring (bicyclic) bond motifs is 1. The molecule has 0 aliphatic heterocycles. The van der Waals surface area contributed by atoms with Gasteiger partial charge in [0.15, 0.2) is 0 Å². The van der Waals surface area contributed by atoms with Crippen molar-refractivity contribution in [2.75, 3.05) is 19.5 Å². The molecule has 0 fully saturated rings. The number of hydrogen-bond acceptors (Lipinski definition) is 7. The van der Waals surface area contributed by atoms with Crippen LogP contribution in [0.25, 0.3) is 10.9 Å². The maximum Gasteiger partial charge on any atom is 0.332 e. The Morgan fingerprint density at radius 2 is 1.63 bits per heavy atom. The van der Waals surface area contributed by atoms with Gasteiger partial charge in [-0.05, 0) is 39.0 Å². The zero-order chi connectivity index (χ0) is 25.9. The lowest BCUT2D eigenvalue weighted by Gasteiger charge is -2.20. The van der Waals surface area contributed by atoms with Crippen LogP contribution in [0.15, 0.2) is 46.0 Å². The van der Waals surface area contributed by atoms with Gasteiger partial charge >= 0.3 is 11.7 Å². The Labute approximate surface area is 206 Å². The summed E-state index contributed by atoms with van der Waals surface area (Å²) in [6, 6.07) is 9.31. The molecule has 0 aliphatic carbocycles. The minimum Gasteiger partial charge on any atom is -0.495 e. The number of esters is 1. The van der Waals surface area contributed by atoms with Crippen molar-refractivity contribution in [3.63, 3.8) is 0 Å². The zero-order valence-electron chi connectivity index (χ0n) is 20.0. The lowest BCUT2D eigenvalue weighted by Crippen LogP contribution is -2.44. The first-order chi connectivity index (χ1) is 16.4. The van der Waals surface area contributed by atoms with Crippen LogP contribution in [0, 0.1) is 0 Å². The summed E-state index contributed by atoms with van der Waals surface area (Å²) in [6.07, 6.45) is 0. The number of nitrogens with zero attached hydrogens (tertiary/aromatic N) is 2. The SMILES string of the molecule is COc1cc(OC)c(NC(=O)Cn2c(=O)n(CC(=O)OC(C)(C)C)c(=O)c3ccccc32)cc1Cl. The third kappa shape index (κ3) is 5.83. The highest BCUT2D eigenvalue weighted by Gasteiger charge is 2.21. The highest BCUT2D eigenvalue weighted by Crippen LogP contribution is 2.35. The van der Waals surface area contributed by atoms with Crippen LogP contribution in [0.3, 0.4) is 0 Å². The summed E-state index contributed by atoms with van der Waals surface area (Å²) in [5, 5.41) is 3.08. The van der Waals surface area contributed by atoms with Crippen molar-refractivity contribution in [3.05, 3.63) is 62.3 Å². The van der Waals surface area contributed by atoms with E-state index in [1.54, 1.807) is 39.0 Å². The van der Waals surface area contributed by atoms with Crippen molar-refractivity contribution in [2.24, 2.45) is 0 Å². The summed E-state index contributed by atoms with van der Waals surface area (Å²) < 4.78 is 17.6. The number of carbonyl (C=O) groups is 2. The van der Waals surface area contributed by atoms with E-state index < -0.39 is 41.8 Å². The van der Waals surface area contributed by atoms with Crippen molar-refractivity contribution in [1.82, 2.24) is 9.13 Å². The zero-order valence-corrected chi connectivity index (χ0v) is 20.8. The fourth-order valence-electron chi connectivity index (χ4n) is 3.46. The number of halogens is 1. The number of amides is 1. The lowest BCUT2D eigenvalue weighted by molar-refractivity contribution is -0.155. The molecule has 0 aliphatic rings. The van der Waals surface area contributed by atoms with Crippen molar-refractivity contribution >= 4 is 40.1 Å². The highest BCUT2D eigenvalue weighted by atomic mass is 35.5. The average molecular weight is 504 g/mol. The number of para-hydroxylation sites is 1. The first-order valence-electron chi connectivity index (χ1n) is 10.6. The van der Waals surface area contributed by atoms with Gasteiger partial charge in [0, 0.05) is 6.07 Å². The third-order valence-corrected chi connectivity index (χ3v) is 5.18. The van der Waals surface area contributed by atoms with Gasteiger partial charge in [0.2, 0.25) is 5.91 Å². The highest BCUT2D eigenvalue weighted by molar-refractivity contribution is 6.32. The Bertz CT molecular complexity index is 1400. The fraction of sp³-hybridized carbons (Fsp3) is 0.333. The molecule has 0 atom stereocenters. The molecule has 1 aromatic heterocycles. The Kier molecular flexibility index (Phi) is 7.54. The van der Waals surface area contributed by atoms with Gasteiger partial charge in [0.05, 0.1) is 35.8 Å². The summed E-state index contributed by atoms with van der Waals surface area (Å²) in [4.78, 5) is 51.5. The minimum atomic E-state index is -0.825. The molecule has 0 bridgehead atoms. The normalized spacial score (nSPS) is 11.3. The number of methoxy groups -OCH3 is 2. The van der Waals surface area contributed by atoms with E-state index in [0.717, 1.165) is 9.13 Å². The molecule has 10 nitrogen and oxygen atoms in total. The number of hydrogen-bond donors (Lipinski definition) is 1. The maximum atomic E-state index is 13.2. The minimum absolute atomic E-state index is 0.175. The van der Waals surface area contributed by atoms with Crippen LogP contribution in [0.1, 0.15) is 20.8 Å². The predicted octanol–water partition coefficient (Wildman–Crippen LogP) is 2.81. The second kappa shape index (κ2) is 10.2. The molecule has 3 aromatic rings. The molecule has 3 rings (SSSR count). The Hall–Kier alpha value is -3.79. The van der Waals surface area contributed by atoms with Crippen molar-refractivity contribution < 1.29 is 23.8 Å². The van der Waals surface area contributed by atoms with Gasteiger partial charge in [0.1, 0.15) is 30.2 Å². The van der Waals surface area contributed by atoms with Gasteiger partial charge in [-0.3, -0.25) is 19.0 Å². The topological polar surface area (TPSA) is 118 Å². The average Bonchev–Trinajstić information content (AvgIpc) is 2.78. The smallest absolute Gasteiger partial charge is 0.332 e. The van der Waals surface area contributed by atoms with Crippen molar-refractivity contribution in [2.45, 2.75) is 39.5 Å². The number of anilines is 1. The molecule has 1 N–H and O–H groups in total. The van der Waals surface area contributed by atoms with E-state index in [1.807, 2.05) is 0 Å². The number of ether oxygens (including phenoxy) is 3. The third-order valence-electron chi connectivity index (χ3n) is 4.89. The van der Waals surface area contributed by atoms with Crippen molar-refractivity contribution in [3.8, 4) is 11.5 Å². The van der Waals surface area contributed by atoms with Crippen LogP contribution in [-0.2, 0) is 27.4 Å². The van der Waals surface area contributed by atoms with Crippen LogP contribution in [0.5, 0.6) is 11.5 Å². The van der Waals surface area contributed by atoms with E-state index in [0.29, 0.717) is 11.5 Å². The van der Waals surface area contributed by atoms with Gasteiger partial charge in [-0.1, -0.05) is 23.7 Å². The lowest BCUT2D eigenvalue weighted by atomic mass is 10.2. The number of benzene rings is 2. The fourth-order valence-corrected chi connectivity index (χ4v) is 3.70. The molecule has 0 saturated heterocycles. The number of nitrogens with one attached hydrogen (secondary N) is 1. The van der Waals surface area contributed by atoms with E-state index in [2.05, 4.69) is 5.32 Å². The summed E-state index contributed by atoms with van der Waals surface area (Å²) in [7, 11) is 2.87. The molecule has 35 heavy (non-hydrogen) atoms. The van der Waals surface area contributed by atoms with Gasteiger partial charge in [-0.25, -0.2) is 9.36 Å². The first kappa shape index (κ1) is 25.8. The molecule has 0 spiro atoms. The van der Waals surface area contributed by atoms with Crippen LogP contribution in [-0.4, -0.2) is 40.8 Å². The van der Waals surface area contributed by atoms with Gasteiger partial charge in [0.25, 0.3) is 5.56 Å². The maximum absolute atomic E-state index is 13.2. The van der Waals surface area contributed by atoms with E-state index in [9.17, 15) is 19.2 Å². The first-order valence-corrected chi connectivity index (χ1v) is 11.0. The van der Waals surface area contributed by atoms with E-state index in [4.69, 9.17) is 25.8 Å². The number of carbonyl (C=O) groups excluding carboxylic acids is 2. The molecule has 2 aromatic carbocycles. The largest absolute Gasteiger partial charge is 0.495 e. The predicted molar refractivity (Wildman–Crippen MR) is 131 cm³/mol. The van der Waals surface area contributed by atoms with Gasteiger partial charge in [-0.15, -0.1) is 0 Å². The standard InChI is InChI=1S/C24H26ClN3O7/c1-24(2,3)35-21(30)13-28-22(31)14-8-6-7-9-17(14)27(23(28)32)12-20(29)26-16-10-15(25)18(33-4)11-19(16)34-5/h6-11H,12-13H2,1-5H3,(H,26,29). The Balaban J connectivity index is 2.01. The van der Waals surface area contributed by atoms with Gasteiger partial charge in [-0.2, -0.15) is 0 Å². The van der Waals surface area contributed by atoms with E-state index in [1.165, 1.54) is 32.4 Å². The summed E-state index contributed by atoms with van der Waals surface area (Å²) in [6.45, 7) is 3.99. The van der Waals surface area contributed by atoms with E-state index >= 15 is 0 Å². The molecular weight excluding hydrogens is 478 g/mol. The van der Waals surface area contributed by atoms with Crippen LogP contribution < -0.4 is 26.0 Å². The molecule has 11 heteroatoms. The number of rotatable bonds is 7. The quantitative estimate of drug-likeness (QED) is 0.492. The Morgan fingerprint density at radius 3 is 2.26 bits per heavy atom. The van der Waals surface area contributed by atoms with E-state index in [-0.39, 0.29) is 21.6 Å². The second-order valence-corrected chi connectivity index (χ2v) is 9.01. The van der Waals surface area contributed by atoms with Crippen LogP contribution >= 0.6 is 11.6 Å². The van der Waals surface area contributed by atoms with Crippen LogP contribution in [0.4, 0.5) is 5.69 Å². The summed E-state index contributed by atoms with van der Waals surface area (Å²) in [5.74, 6) is -0.676. The molecule has 0 radical (unpaired) electrons.